The van der Waals surface area contributed by atoms with Crippen LogP contribution in [0.3, 0.4) is 0 Å². The average Bonchev–Trinajstić information content (AvgIpc) is 2.10. The van der Waals surface area contributed by atoms with E-state index in [1.807, 2.05) is 13.8 Å². The van der Waals surface area contributed by atoms with Crippen molar-refractivity contribution >= 4 is 5.97 Å². The fourth-order valence-corrected chi connectivity index (χ4v) is 0.821. The van der Waals surface area contributed by atoms with Gasteiger partial charge in [0, 0.05) is 12.8 Å². The summed E-state index contributed by atoms with van der Waals surface area (Å²) in [5.74, 6) is 5.77. The highest BCUT2D eigenvalue weighted by molar-refractivity contribution is 5.71. The molecule has 0 aromatic rings. The number of rotatable bonds is 3. The molecular formula is C10H16O2. The maximum atomic E-state index is 10.9. The molecule has 2 nitrogen and oxygen atoms in total. The number of carbonyl (C=O) groups excluding carboxylic acids is 1. The van der Waals surface area contributed by atoms with Crippen LogP contribution in [0.4, 0.5) is 0 Å². The molecule has 0 aromatic heterocycles. The molecule has 0 bridgehead atoms. The molecule has 0 rings (SSSR count). The highest BCUT2D eigenvalue weighted by Gasteiger charge is 2.10. The molecule has 68 valence electrons. The predicted octanol–water partition coefficient (Wildman–Crippen LogP) is 1.99. The molecular weight excluding hydrogens is 152 g/mol. The third kappa shape index (κ3) is 4.79. The molecule has 0 saturated carbocycles. The van der Waals surface area contributed by atoms with Crippen LogP contribution in [-0.4, -0.2) is 13.1 Å². The van der Waals surface area contributed by atoms with Crippen molar-refractivity contribution in [1.82, 2.24) is 0 Å². The van der Waals surface area contributed by atoms with Crippen LogP contribution in [0.15, 0.2) is 0 Å². The molecule has 2 heteroatoms. The largest absolute Gasteiger partial charge is 0.469 e. The summed E-state index contributed by atoms with van der Waals surface area (Å²) >= 11 is 0. The van der Waals surface area contributed by atoms with Gasteiger partial charge in [-0.2, -0.15) is 0 Å². The molecule has 0 aliphatic rings. The minimum atomic E-state index is -0.145. The first-order chi connectivity index (χ1) is 5.72. The van der Waals surface area contributed by atoms with Gasteiger partial charge in [-0.05, 0) is 6.42 Å². The topological polar surface area (TPSA) is 26.3 Å². The Morgan fingerprint density at radius 2 is 2.17 bits per heavy atom. The molecule has 0 fully saturated rings. The minimum Gasteiger partial charge on any atom is -0.469 e. The van der Waals surface area contributed by atoms with Gasteiger partial charge in [-0.3, -0.25) is 4.79 Å². The van der Waals surface area contributed by atoms with Crippen LogP contribution >= 0.6 is 0 Å². The number of ether oxygens (including phenoxy) is 1. The SMILES string of the molecule is CCC#CCCC(C)C(=O)OC. The van der Waals surface area contributed by atoms with E-state index in [2.05, 4.69) is 16.6 Å². The van der Waals surface area contributed by atoms with E-state index in [1.54, 1.807) is 0 Å². The summed E-state index contributed by atoms with van der Waals surface area (Å²) < 4.78 is 4.58. The molecule has 0 amide bonds. The van der Waals surface area contributed by atoms with E-state index in [4.69, 9.17) is 0 Å². The Labute approximate surface area is 74.3 Å². The maximum absolute atomic E-state index is 10.9. The number of methoxy groups -OCH3 is 1. The summed E-state index contributed by atoms with van der Waals surface area (Å²) in [4.78, 5) is 10.9. The second kappa shape index (κ2) is 6.72. The Balaban J connectivity index is 3.56. The lowest BCUT2D eigenvalue weighted by molar-refractivity contribution is -0.144. The molecule has 0 aromatic carbocycles. The summed E-state index contributed by atoms with van der Waals surface area (Å²) in [6, 6.07) is 0. The molecule has 0 aliphatic carbocycles. The van der Waals surface area contributed by atoms with Gasteiger partial charge in [0.25, 0.3) is 0 Å². The smallest absolute Gasteiger partial charge is 0.308 e. The molecule has 12 heavy (non-hydrogen) atoms. The standard InChI is InChI=1S/C10H16O2/c1-4-5-6-7-8-9(2)10(11)12-3/h9H,4,7-8H2,1-3H3. The Hall–Kier alpha value is -0.970. The molecule has 1 unspecified atom stereocenters. The maximum Gasteiger partial charge on any atom is 0.308 e. The zero-order chi connectivity index (χ0) is 9.40. The van der Waals surface area contributed by atoms with Crippen LogP contribution in [0.1, 0.15) is 33.1 Å². The van der Waals surface area contributed by atoms with E-state index in [1.165, 1.54) is 7.11 Å². The zero-order valence-corrected chi connectivity index (χ0v) is 8.02. The van der Waals surface area contributed by atoms with Gasteiger partial charge in [0.15, 0.2) is 0 Å². The van der Waals surface area contributed by atoms with Crippen LogP contribution in [0.5, 0.6) is 0 Å². The van der Waals surface area contributed by atoms with Crippen molar-refractivity contribution in [2.24, 2.45) is 5.92 Å². The van der Waals surface area contributed by atoms with Crippen LogP contribution in [0.25, 0.3) is 0 Å². The molecule has 0 N–H and O–H groups in total. The van der Waals surface area contributed by atoms with Gasteiger partial charge in [0.1, 0.15) is 0 Å². The predicted molar refractivity (Wildman–Crippen MR) is 48.5 cm³/mol. The Bertz CT molecular complexity index is 186. The van der Waals surface area contributed by atoms with E-state index in [9.17, 15) is 4.79 Å². The summed E-state index contributed by atoms with van der Waals surface area (Å²) in [5, 5.41) is 0. The summed E-state index contributed by atoms with van der Waals surface area (Å²) in [7, 11) is 1.41. The van der Waals surface area contributed by atoms with E-state index in [0.717, 1.165) is 19.3 Å². The molecule has 0 radical (unpaired) electrons. The lowest BCUT2D eigenvalue weighted by atomic mass is 10.1. The van der Waals surface area contributed by atoms with Gasteiger partial charge in [-0.25, -0.2) is 0 Å². The first kappa shape index (κ1) is 11.0. The van der Waals surface area contributed by atoms with Gasteiger partial charge in [0.2, 0.25) is 0 Å². The second-order valence-corrected chi connectivity index (χ2v) is 2.67. The van der Waals surface area contributed by atoms with E-state index in [0.29, 0.717) is 0 Å². The Kier molecular flexibility index (Phi) is 6.18. The fourth-order valence-electron chi connectivity index (χ4n) is 0.821. The second-order valence-electron chi connectivity index (χ2n) is 2.67. The summed E-state index contributed by atoms with van der Waals surface area (Å²) in [6.45, 7) is 3.87. The Morgan fingerprint density at radius 3 is 2.67 bits per heavy atom. The van der Waals surface area contributed by atoms with Crippen LogP contribution in [0, 0.1) is 17.8 Å². The lowest BCUT2D eigenvalue weighted by Crippen LogP contribution is -2.11. The number of hydrogen-bond donors (Lipinski definition) is 0. The van der Waals surface area contributed by atoms with Crippen LogP contribution < -0.4 is 0 Å². The quantitative estimate of drug-likeness (QED) is 0.476. The normalized spacial score (nSPS) is 11.2. The van der Waals surface area contributed by atoms with Gasteiger partial charge in [0.05, 0.1) is 13.0 Å². The van der Waals surface area contributed by atoms with Crippen LogP contribution in [-0.2, 0) is 9.53 Å². The minimum absolute atomic E-state index is 0.0267. The molecule has 0 saturated heterocycles. The van der Waals surface area contributed by atoms with Crippen LogP contribution in [0.2, 0.25) is 0 Å². The van der Waals surface area contributed by atoms with E-state index >= 15 is 0 Å². The summed E-state index contributed by atoms with van der Waals surface area (Å²) in [6.07, 6.45) is 2.45. The highest BCUT2D eigenvalue weighted by Crippen LogP contribution is 2.05. The zero-order valence-electron chi connectivity index (χ0n) is 8.02. The molecule has 0 spiro atoms. The molecule has 0 aliphatic heterocycles. The van der Waals surface area contributed by atoms with Gasteiger partial charge in [-0.1, -0.05) is 13.8 Å². The van der Waals surface area contributed by atoms with Crippen molar-refractivity contribution < 1.29 is 9.53 Å². The van der Waals surface area contributed by atoms with Crippen molar-refractivity contribution in [3.8, 4) is 11.8 Å². The first-order valence-electron chi connectivity index (χ1n) is 4.25. The van der Waals surface area contributed by atoms with Gasteiger partial charge >= 0.3 is 5.97 Å². The van der Waals surface area contributed by atoms with Gasteiger partial charge < -0.3 is 4.74 Å². The highest BCUT2D eigenvalue weighted by atomic mass is 16.5. The number of hydrogen-bond acceptors (Lipinski definition) is 2. The molecule has 1 atom stereocenters. The van der Waals surface area contributed by atoms with Crippen molar-refractivity contribution in [2.45, 2.75) is 33.1 Å². The van der Waals surface area contributed by atoms with Gasteiger partial charge in [-0.15, -0.1) is 11.8 Å². The third-order valence-corrected chi connectivity index (χ3v) is 1.61. The monoisotopic (exact) mass is 168 g/mol. The lowest BCUT2D eigenvalue weighted by Gasteiger charge is -2.05. The first-order valence-corrected chi connectivity index (χ1v) is 4.25. The van der Waals surface area contributed by atoms with E-state index < -0.39 is 0 Å². The van der Waals surface area contributed by atoms with Crippen molar-refractivity contribution in [1.29, 1.82) is 0 Å². The average molecular weight is 168 g/mol. The van der Waals surface area contributed by atoms with Crippen molar-refractivity contribution in [2.75, 3.05) is 7.11 Å². The number of carbonyl (C=O) groups is 1. The van der Waals surface area contributed by atoms with E-state index in [-0.39, 0.29) is 11.9 Å². The van der Waals surface area contributed by atoms with Crippen molar-refractivity contribution in [3.63, 3.8) is 0 Å². The Morgan fingerprint density at radius 1 is 1.50 bits per heavy atom. The number of esters is 1. The van der Waals surface area contributed by atoms with Crippen molar-refractivity contribution in [3.05, 3.63) is 0 Å². The molecule has 0 heterocycles. The summed E-state index contributed by atoms with van der Waals surface area (Å²) in [5.41, 5.74) is 0. The fraction of sp³-hybridized carbons (Fsp3) is 0.700. The third-order valence-electron chi connectivity index (χ3n) is 1.61.